The average Bonchev–Trinajstić information content (AvgIpc) is 3.28. The Kier molecular flexibility index (Phi) is 8.69. The van der Waals surface area contributed by atoms with Gasteiger partial charge >= 0.3 is 0 Å². The number of phenolic OH excluding ortho intramolecular Hbond substituents is 1. The Morgan fingerprint density at radius 1 is 1.00 bits per heavy atom. The van der Waals surface area contributed by atoms with Crippen LogP contribution in [0.25, 0.3) is 0 Å². The van der Waals surface area contributed by atoms with Crippen LogP contribution in [-0.2, 0) is 17.6 Å². The number of carbonyl (C=O) groups excluding carboxylic acids is 2. The molecule has 3 aromatic rings. The topological polar surface area (TPSA) is 98.7 Å². The molecule has 4 N–H and O–H groups in total. The maximum atomic E-state index is 13.2. The number of rotatable bonds is 9. The number of fused-ring (bicyclic) bond motifs is 5. The Morgan fingerprint density at radius 2 is 1.74 bits per heavy atom. The van der Waals surface area contributed by atoms with Crippen LogP contribution in [0.3, 0.4) is 0 Å². The van der Waals surface area contributed by atoms with E-state index in [1.54, 1.807) is 24.3 Å². The number of hydrogen-bond acceptors (Lipinski definition) is 5. The number of phenols is 1. The van der Waals surface area contributed by atoms with Crippen molar-refractivity contribution in [2.24, 2.45) is 23.2 Å². The summed E-state index contributed by atoms with van der Waals surface area (Å²) < 4.78 is 0. The van der Waals surface area contributed by atoms with E-state index >= 15 is 0 Å². The molecule has 43 heavy (non-hydrogen) atoms. The van der Waals surface area contributed by atoms with Crippen LogP contribution < -0.4 is 10.6 Å². The van der Waals surface area contributed by atoms with Gasteiger partial charge in [0.05, 0.1) is 12.1 Å². The van der Waals surface area contributed by atoms with Gasteiger partial charge in [0, 0.05) is 5.56 Å². The van der Waals surface area contributed by atoms with Gasteiger partial charge in [-0.3, -0.25) is 14.9 Å². The molecule has 0 unspecified atom stereocenters. The molecule has 3 aliphatic rings. The minimum Gasteiger partial charge on any atom is -0.508 e. The highest BCUT2D eigenvalue weighted by Crippen LogP contribution is 2.62. The van der Waals surface area contributed by atoms with E-state index in [2.05, 4.69) is 23.6 Å². The van der Waals surface area contributed by atoms with Crippen LogP contribution in [0.2, 0.25) is 0 Å². The molecule has 6 rings (SSSR count). The van der Waals surface area contributed by atoms with Crippen LogP contribution in [0.15, 0.2) is 78.9 Å². The van der Waals surface area contributed by atoms with Gasteiger partial charge in [0.25, 0.3) is 5.91 Å². The fourth-order valence-corrected chi connectivity index (χ4v) is 8.61. The third-order valence-electron chi connectivity index (χ3n) is 10.8. The molecule has 0 spiro atoms. The molecular weight excluding hydrogens is 536 g/mol. The molecule has 0 aliphatic heterocycles. The first-order chi connectivity index (χ1) is 20.8. The van der Waals surface area contributed by atoms with Crippen molar-refractivity contribution in [2.75, 3.05) is 6.54 Å². The fraction of sp³-hybridized carbons (Fsp3) is 0.459. The van der Waals surface area contributed by atoms with E-state index in [1.165, 1.54) is 11.1 Å². The quantitative estimate of drug-likeness (QED) is 0.241. The lowest BCUT2D eigenvalue weighted by molar-refractivity contribution is -0.122. The predicted molar refractivity (Wildman–Crippen MR) is 168 cm³/mol. The third-order valence-corrected chi connectivity index (χ3v) is 10.8. The molecule has 3 aromatic carbocycles. The van der Waals surface area contributed by atoms with Gasteiger partial charge in [0.15, 0.2) is 0 Å². The largest absolute Gasteiger partial charge is 0.508 e. The molecular formula is C37H44N2O4. The highest BCUT2D eigenvalue weighted by Gasteiger charge is 2.57. The van der Waals surface area contributed by atoms with Crippen molar-refractivity contribution in [2.45, 2.75) is 76.4 Å². The SMILES string of the molecule is C[C@]12CC[C@@H]3c4ccc(O)cc4CC[C@H]3[C@@H]1C[C@H](CCCN[C@@H](Cc1ccccc1)C(=O)NC(=O)c1ccccc1)[C@@H]2O. The zero-order chi connectivity index (χ0) is 30.0. The molecule has 2 saturated carbocycles. The number of imide groups is 1. The molecule has 6 nitrogen and oxygen atoms in total. The highest BCUT2D eigenvalue weighted by atomic mass is 16.3. The third kappa shape index (κ3) is 6.13. The van der Waals surface area contributed by atoms with Crippen molar-refractivity contribution in [3.63, 3.8) is 0 Å². The van der Waals surface area contributed by atoms with E-state index in [0.717, 1.165) is 50.5 Å². The Balaban J connectivity index is 1.07. The number of nitrogens with one attached hydrogen (secondary N) is 2. The smallest absolute Gasteiger partial charge is 0.257 e. The molecule has 0 radical (unpaired) electrons. The van der Waals surface area contributed by atoms with Crippen molar-refractivity contribution >= 4 is 11.8 Å². The van der Waals surface area contributed by atoms with Gasteiger partial charge in [0.1, 0.15) is 5.75 Å². The summed E-state index contributed by atoms with van der Waals surface area (Å²) in [6.07, 6.45) is 7.24. The van der Waals surface area contributed by atoms with Crippen LogP contribution in [-0.4, -0.2) is 40.7 Å². The normalized spacial score (nSPS) is 28.3. The van der Waals surface area contributed by atoms with E-state index in [-0.39, 0.29) is 23.3 Å². The van der Waals surface area contributed by atoms with Crippen LogP contribution in [0, 0.1) is 23.2 Å². The van der Waals surface area contributed by atoms with E-state index in [0.29, 0.717) is 42.0 Å². The van der Waals surface area contributed by atoms with Crippen LogP contribution in [0.1, 0.15) is 78.4 Å². The molecule has 7 atom stereocenters. The standard InChI is InChI=1S/C37H44N2O4/c1-37-19-18-30-29-17-15-28(40)22-26(29)14-16-31(30)32(37)23-27(34(37)41)13-8-20-38-33(21-24-9-4-2-5-10-24)36(43)39-35(42)25-11-6-3-7-12-25/h2-7,9-12,15,17,22,27,30-34,38,40-41H,8,13-14,16,18-21,23H2,1H3,(H,39,42,43)/t27-,30+,31+,32-,33-,34-,37-/m0/s1. The lowest BCUT2D eigenvalue weighted by Crippen LogP contribution is -2.48. The fourth-order valence-electron chi connectivity index (χ4n) is 8.61. The average molecular weight is 581 g/mol. The summed E-state index contributed by atoms with van der Waals surface area (Å²) in [5, 5.41) is 27.6. The van der Waals surface area contributed by atoms with Gasteiger partial charge in [-0.1, -0.05) is 61.5 Å². The summed E-state index contributed by atoms with van der Waals surface area (Å²) in [5.74, 6) is 1.49. The summed E-state index contributed by atoms with van der Waals surface area (Å²) in [4.78, 5) is 25.9. The molecule has 2 amide bonds. The number of carbonyl (C=O) groups is 2. The van der Waals surface area contributed by atoms with E-state index in [4.69, 9.17) is 0 Å². The van der Waals surface area contributed by atoms with Crippen LogP contribution in [0.5, 0.6) is 5.75 Å². The maximum Gasteiger partial charge on any atom is 0.257 e. The zero-order valence-electron chi connectivity index (χ0n) is 25.0. The second-order valence-corrected chi connectivity index (χ2v) is 13.3. The molecule has 0 bridgehead atoms. The summed E-state index contributed by atoms with van der Waals surface area (Å²) in [6, 6.07) is 24.1. The molecule has 226 valence electrons. The van der Waals surface area contributed by atoms with Crippen molar-refractivity contribution < 1.29 is 19.8 Å². The molecule has 6 heteroatoms. The zero-order valence-corrected chi connectivity index (χ0v) is 25.0. The highest BCUT2D eigenvalue weighted by molar-refractivity contribution is 6.06. The second kappa shape index (κ2) is 12.6. The van der Waals surface area contributed by atoms with Gasteiger partial charge in [0.2, 0.25) is 5.91 Å². The van der Waals surface area contributed by atoms with Gasteiger partial charge in [-0.05, 0) is 128 Å². The Labute approximate surface area is 254 Å². The number of aryl methyl sites for hydroxylation is 1. The Hall–Kier alpha value is -3.48. The second-order valence-electron chi connectivity index (χ2n) is 13.3. The van der Waals surface area contributed by atoms with E-state index in [9.17, 15) is 19.8 Å². The van der Waals surface area contributed by atoms with Crippen LogP contribution in [0.4, 0.5) is 0 Å². The number of hydrogen-bond donors (Lipinski definition) is 4. The first-order valence-electron chi connectivity index (χ1n) is 16.0. The van der Waals surface area contributed by atoms with Gasteiger partial charge in [-0.2, -0.15) is 0 Å². The number of benzene rings is 3. The number of aromatic hydroxyl groups is 1. The number of aliphatic hydroxyl groups is 1. The molecule has 3 aliphatic carbocycles. The minimum absolute atomic E-state index is 0.0544. The summed E-state index contributed by atoms with van der Waals surface area (Å²) in [5.41, 5.74) is 4.14. The lowest BCUT2D eigenvalue weighted by atomic mass is 9.55. The molecule has 0 aromatic heterocycles. The monoisotopic (exact) mass is 580 g/mol. The number of aliphatic hydroxyl groups excluding tert-OH is 1. The van der Waals surface area contributed by atoms with Crippen molar-refractivity contribution in [1.82, 2.24) is 10.6 Å². The first-order valence-corrected chi connectivity index (χ1v) is 16.0. The van der Waals surface area contributed by atoms with E-state index < -0.39 is 11.9 Å². The first kappa shape index (κ1) is 29.6. The summed E-state index contributed by atoms with van der Waals surface area (Å²) >= 11 is 0. The maximum absolute atomic E-state index is 13.2. The van der Waals surface area contributed by atoms with Gasteiger partial charge < -0.3 is 15.5 Å². The van der Waals surface area contributed by atoms with Crippen molar-refractivity contribution in [1.29, 1.82) is 0 Å². The number of amides is 2. The predicted octanol–water partition coefficient (Wildman–Crippen LogP) is 5.77. The Bertz CT molecular complexity index is 1430. The molecule has 0 saturated heterocycles. The van der Waals surface area contributed by atoms with Crippen LogP contribution >= 0.6 is 0 Å². The van der Waals surface area contributed by atoms with Gasteiger partial charge in [-0.15, -0.1) is 0 Å². The molecule has 2 fully saturated rings. The van der Waals surface area contributed by atoms with E-state index in [1.807, 2.05) is 48.5 Å². The summed E-state index contributed by atoms with van der Waals surface area (Å²) in [6.45, 7) is 2.95. The van der Waals surface area contributed by atoms with Crippen molar-refractivity contribution in [3.8, 4) is 5.75 Å². The molecule has 0 heterocycles. The van der Waals surface area contributed by atoms with Crippen molar-refractivity contribution in [3.05, 3.63) is 101 Å². The lowest BCUT2D eigenvalue weighted by Gasteiger charge is -2.50. The van der Waals surface area contributed by atoms with Gasteiger partial charge in [-0.25, -0.2) is 0 Å². The minimum atomic E-state index is -0.536. The summed E-state index contributed by atoms with van der Waals surface area (Å²) in [7, 11) is 0. The Morgan fingerprint density at radius 3 is 2.51 bits per heavy atom.